The van der Waals surface area contributed by atoms with Gasteiger partial charge in [0.1, 0.15) is 11.5 Å². The van der Waals surface area contributed by atoms with Crippen LogP contribution in [-0.4, -0.2) is 21.2 Å². The molecule has 2 aromatic heterocycles. The number of benzene rings is 1. The monoisotopic (exact) mass is 338 g/mol. The molecule has 25 heavy (non-hydrogen) atoms. The molecule has 2 N–H and O–H groups in total. The number of imidazole rings is 1. The summed E-state index contributed by atoms with van der Waals surface area (Å²) in [6.07, 6.45) is 3.76. The van der Waals surface area contributed by atoms with E-state index in [2.05, 4.69) is 15.6 Å². The molecular formula is C18H15FN4O2. The van der Waals surface area contributed by atoms with Gasteiger partial charge in [-0.3, -0.25) is 9.59 Å². The minimum Gasteiger partial charge on any atom is -0.350 e. The SMILES string of the molecule is O=C1C[C@@H](C(=O)NCc2cn3ccccc3n2)c2ccc(F)cc2N1. The van der Waals surface area contributed by atoms with Gasteiger partial charge in [-0.05, 0) is 29.8 Å². The van der Waals surface area contributed by atoms with Gasteiger partial charge in [-0.25, -0.2) is 9.37 Å². The standard InChI is InChI=1S/C18H15FN4O2/c19-11-4-5-13-14(8-17(24)22-15(13)7-11)18(25)20-9-12-10-23-6-2-1-3-16(23)21-12/h1-7,10,14H,8-9H2,(H,20,25)(H,22,24)/t14-/m1/s1. The molecule has 0 aliphatic carbocycles. The number of nitrogens with zero attached hydrogens (tertiary/aromatic N) is 2. The first kappa shape index (κ1) is 15.3. The fourth-order valence-electron chi connectivity index (χ4n) is 3.04. The van der Waals surface area contributed by atoms with Gasteiger partial charge in [0.2, 0.25) is 11.8 Å². The Morgan fingerprint density at radius 1 is 1.36 bits per heavy atom. The van der Waals surface area contributed by atoms with E-state index in [9.17, 15) is 14.0 Å². The molecule has 4 rings (SSSR count). The minimum atomic E-state index is -0.638. The number of anilines is 1. The summed E-state index contributed by atoms with van der Waals surface area (Å²) in [4.78, 5) is 28.8. The zero-order valence-corrected chi connectivity index (χ0v) is 13.2. The first-order valence-corrected chi connectivity index (χ1v) is 7.90. The summed E-state index contributed by atoms with van der Waals surface area (Å²) in [6.45, 7) is 0.259. The number of hydrogen-bond donors (Lipinski definition) is 2. The van der Waals surface area contributed by atoms with Gasteiger partial charge in [-0.1, -0.05) is 12.1 Å². The van der Waals surface area contributed by atoms with Crippen molar-refractivity contribution in [3.63, 3.8) is 0 Å². The zero-order chi connectivity index (χ0) is 17.4. The number of carbonyl (C=O) groups is 2. The Hall–Kier alpha value is -3.22. The Morgan fingerprint density at radius 2 is 2.24 bits per heavy atom. The molecule has 0 saturated heterocycles. The maximum absolute atomic E-state index is 13.4. The summed E-state index contributed by atoms with van der Waals surface area (Å²) < 4.78 is 15.2. The highest BCUT2D eigenvalue weighted by Crippen LogP contribution is 2.32. The summed E-state index contributed by atoms with van der Waals surface area (Å²) in [6, 6.07) is 9.73. The van der Waals surface area contributed by atoms with Crippen molar-refractivity contribution < 1.29 is 14.0 Å². The highest BCUT2D eigenvalue weighted by Gasteiger charge is 2.30. The second-order valence-electron chi connectivity index (χ2n) is 5.95. The molecule has 3 aromatic rings. The van der Waals surface area contributed by atoms with E-state index in [-0.39, 0.29) is 24.8 Å². The normalized spacial score (nSPS) is 16.4. The van der Waals surface area contributed by atoms with Crippen molar-refractivity contribution in [2.75, 3.05) is 5.32 Å². The second kappa shape index (κ2) is 6.01. The van der Waals surface area contributed by atoms with Gasteiger partial charge < -0.3 is 15.0 Å². The smallest absolute Gasteiger partial charge is 0.228 e. The Balaban J connectivity index is 1.52. The van der Waals surface area contributed by atoms with Crippen LogP contribution in [0.3, 0.4) is 0 Å². The first-order valence-electron chi connectivity index (χ1n) is 7.90. The fourth-order valence-corrected chi connectivity index (χ4v) is 3.04. The third-order valence-electron chi connectivity index (χ3n) is 4.23. The lowest BCUT2D eigenvalue weighted by atomic mass is 9.89. The van der Waals surface area contributed by atoms with E-state index in [0.717, 1.165) is 11.3 Å². The molecule has 1 atom stereocenters. The van der Waals surface area contributed by atoms with Gasteiger partial charge in [0.05, 0.1) is 18.2 Å². The van der Waals surface area contributed by atoms with Crippen molar-refractivity contribution in [1.82, 2.24) is 14.7 Å². The molecule has 0 radical (unpaired) electrons. The van der Waals surface area contributed by atoms with Crippen LogP contribution in [0.2, 0.25) is 0 Å². The number of halogens is 1. The molecule has 0 spiro atoms. The van der Waals surface area contributed by atoms with Gasteiger partial charge in [0.25, 0.3) is 0 Å². The zero-order valence-electron chi connectivity index (χ0n) is 13.2. The van der Waals surface area contributed by atoms with Crippen LogP contribution in [0.1, 0.15) is 23.6 Å². The van der Waals surface area contributed by atoms with Crippen LogP contribution >= 0.6 is 0 Å². The van der Waals surface area contributed by atoms with Crippen LogP contribution in [0.25, 0.3) is 5.65 Å². The van der Waals surface area contributed by atoms with E-state index in [0.29, 0.717) is 11.3 Å². The van der Waals surface area contributed by atoms with E-state index in [1.54, 1.807) is 6.07 Å². The quantitative estimate of drug-likeness (QED) is 0.769. The molecule has 0 bridgehead atoms. The Kier molecular flexibility index (Phi) is 3.68. The molecule has 2 amide bonds. The van der Waals surface area contributed by atoms with Gasteiger partial charge in [-0.15, -0.1) is 0 Å². The Labute approximate surface area is 142 Å². The topological polar surface area (TPSA) is 75.5 Å². The predicted octanol–water partition coefficient (Wildman–Crippen LogP) is 2.22. The van der Waals surface area contributed by atoms with E-state index >= 15 is 0 Å². The average molecular weight is 338 g/mol. The van der Waals surface area contributed by atoms with E-state index in [1.807, 2.05) is 35.0 Å². The van der Waals surface area contributed by atoms with Crippen molar-refractivity contribution >= 4 is 23.1 Å². The second-order valence-corrected chi connectivity index (χ2v) is 5.95. The Morgan fingerprint density at radius 3 is 3.08 bits per heavy atom. The molecule has 7 heteroatoms. The summed E-state index contributed by atoms with van der Waals surface area (Å²) in [5, 5.41) is 5.42. The lowest BCUT2D eigenvalue weighted by Crippen LogP contribution is -2.34. The van der Waals surface area contributed by atoms with Crippen LogP contribution in [0, 0.1) is 5.82 Å². The molecule has 1 aromatic carbocycles. The van der Waals surface area contributed by atoms with Gasteiger partial charge in [0.15, 0.2) is 0 Å². The number of fused-ring (bicyclic) bond motifs is 2. The number of aromatic nitrogens is 2. The highest BCUT2D eigenvalue weighted by atomic mass is 19.1. The summed E-state index contributed by atoms with van der Waals surface area (Å²) in [7, 11) is 0. The lowest BCUT2D eigenvalue weighted by molar-refractivity contribution is -0.126. The molecule has 1 aliphatic rings. The molecular weight excluding hydrogens is 323 g/mol. The number of rotatable bonds is 3. The molecule has 0 saturated carbocycles. The summed E-state index contributed by atoms with van der Waals surface area (Å²) in [5.74, 6) is -1.67. The predicted molar refractivity (Wildman–Crippen MR) is 89.4 cm³/mol. The van der Waals surface area contributed by atoms with Crippen molar-refractivity contribution in [3.05, 3.63) is 65.9 Å². The highest BCUT2D eigenvalue weighted by molar-refractivity contribution is 6.01. The molecule has 1 aliphatic heterocycles. The molecule has 3 heterocycles. The van der Waals surface area contributed by atoms with Gasteiger partial charge in [0, 0.05) is 24.5 Å². The van der Waals surface area contributed by atoms with E-state index in [1.165, 1.54) is 12.1 Å². The van der Waals surface area contributed by atoms with Crippen molar-refractivity contribution in [2.45, 2.75) is 18.9 Å². The van der Waals surface area contributed by atoms with Gasteiger partial charge >= 0.3 is 0 Å². The number of hydrogen-bond acceptors (Lipinski definition) is 3. The van der Waals surface area contributed by atoms with Crippen LogP contribution in [0.4, 0.5) is 10.1 Å². The summed E-state index contributed by atoms with van der Waals surface area (Å²) >= 11 is 0. The summed E-state index contributed by atoms with van der Waals surface area (Å²) in [5.41, 5.74) is 2.49. The van der Waals surface area contributed by atoms with Crippen molar-refractivity contribution in [2.24, 2.45) is 0 Å². The number of amides is 2. The molecule has 126 valence electrons. The lowest BCUT2D eigenvalue weighted by Gasteiger charge is -2.24. The van der Waals surface area contributed by atoms with Crippen LogP contribution in [-0.2, 0) is 16.1 Å². The first-order chi connectivity index (χ1) is 12.1. The average Bonchev–Trinajstić information content (AvgIpc) is 3.01. The van der Waals surface area contributed by atoms with Crippen LogP contribution < -0.4 is 10.6 Å². The van der Waals surface area contributed by atoms with Crippen molar-refractivity contribution in [3.8, 4) is 0 Å². The number of pyridine rings is 1. The minimum absolute atomic E-state index is 0.0373. The number of nitrogens with one attached hydrogen (secondary N) is 2. The molecule has 0 fully saturated rings. The maximum atomic E-state index is 13.4. The maximum Gasteiger partial charge on any atom is 0.228 e. The van der Waals surface area contributed by atoms with Crippen molar-refractivity contribution in [1.29, 1.82) is 0 Å². The fraction of sp³-hybridized carbons (Fsp3) is 0.167. The van der Waals surface area contributed by atoms with Crippen LogP contribution in [0.15, 0.2) is 48.8 Å². The van der Waals surface area contributed by atoms with Gasteiger partial charge in [-0.2, -0.15) is 0 Å². The van der Waals surface area contributed by atoms with E-state index < -0.39 is 11.7 Å². The molecule has 6 nitrogen and oxygen atoms in total. The Bertz CT molecular complexity index is 949. The third-order valence-corrected chi connectivity index (χ3v) is 4.23. The third kappa shape index (κ3) is 2.96. The van der Waals surface area contributed by atoms with E-state index in [4.69, 9.17) is 0 Å². The van der Waals surface area contributed by atoms with Crippen LogP contribution in [0.5, 0.6) is 0 Å². The number of carbonyl (C=O) groups excluding carboxylic acids is 2. The molecule has 0 unspecified atom stereocenters. The largest absolute Gasteiger partial charge is 0.350 e.